The van der Waals surface area contributed by atoms with Crippen molar-refractivity contribution in [3.63, 3.8) is 0 Å². The van der Waals surface area contributed by atoms with Crippen LogP contribution in [-0.4, -0.2) is 32.3 Å². The smallest absolute Gasteiger partial charge is 0.318 e. The van der Waals surface area contributed by atoms with Crippen molar-refractivity contribution in [1.29, 1.82) is 0 Å². The molecule has 3 rings (SSSR count). The van der Waals surface area contributed by atoms with Crippen LogP contribution in [-0.2, 0) is 4.79 Å². The molecule has 0 saturated carbocycles. The SMILES string of the molecule is Cc1cc2nnc(SCCC(=O)NC(N)=O)n2c2ccccc12. The van der Waals surface area contributed by atoms with Gasteiger partial charge in [0.15, 0.2) is 10.8 Å². The van der Waals surface area contributed by atoms with Gasteiger partial charge in [-0.3, -0.25) is 14.5 Å². The number of nitrogens with two attached hydrogens (primary N) is 1. The summed E-state index contributed by atoms with van der Waals surface area (Å²) in [4.78, 5) is 22.0. The van der Waals surface area contributed by atoms with Crippen LogP contribution in [0.5, 0.6) is 0 Å². The van der Waals surface area contributed by atoms with Crippen LogP contribution in [0.1, 0.15) is 12.0 Å². The van der Waals surface area contributed by atoms with Gasteiger partial charge in [-0.15, -0.1) is 10.2 Å². The van der Waals surface area contributed by atoms with Crippen molar-refractivity contribution in [3.05, 3.63) is 35.9 Å². The number of amides is 3. The summed E-state index contributed by atoms with van der Waals surface area (Å²) >= 11 is 1.41. The number of nitrogens with one attached hydrogen (secondary N) is 1. The van der Waals surface area contributed by atoms with E-state index in [1.165, 1.54) is 11.8 Å². The Morgan fingerprint density at radius 2 is 2.09 bits per heavy atom. The Bertz CT molecular complexity index is 905. The summed E-state index contributed by atoms with van der Waals surface area (Å²) in [6.07, 6.45) is 0.173. The molecule has 1 aromatic carbocycles. The average molecular weight is 329 g/mol. The van der Waals surface area contributed by atoms with Crippen LogP contribution in [0.4, 0.5) is 4.79 Å². The summed E-state index contributed by atoms with van der Waals surface area (Å²) in [5, 5.41) is 12.3. The van der Waals surface area contributed by atoms with E-state index in [2.05, 4.69) is 16.3 Å². The number of fused-ring (bicyclic) bond motifs is 3. The van der Waals surface area contributed by atoms with E-state index in [1.54, 1.807) is 0 Å². The minimum Gasteiger partial charge on any atom is -0.351 e. The van der Waals surface area contributed by atoms with Gasteiger partial charge in [-0.2, -0.15) is 0 Å². The summed E-state index contributed by atoms with van der Waals surface area (Å²) in [5.41, 5.74) is 7.84. The summed E-state index contributed by atoms with van der Waals surface area (Å²) in [6, 6.07) is 9.18. The van der Waals surface area contributed by atoms with E-state index in [0.717, 1.165) is 22.1 Å². The molecule has 0 aliphatic rings. The number of pyridine rings is 1. The number of benzene rings is 1. The maximum atomic E-state index is 11.4. The standard InChI is InChI=1S/C15H15N5O2S/c1-9-8-12-18-19-15(23-7-6-13(21)17-14(16)22)20(12)11-5-3-2-4-10(9)11/h2-5,8H,6-7H2,1H3,(H3,16,17,21,22). The Balaban J connectivity index is 1.86. The number of carbonyl (C=O) groups excluding carboxylic acids is 2. The molecule has 2 aromatic heterocycles. The fourth-order valence-corrected chi connectivity index (χ4v) is 3.29. The highest BCUT2D eigenvalue weighted by Crippen LogP contribution is 2.25. The van der Waals surface area contributed by atoms with Gasteiger partial charge in [0.2, 0.25) is 5.91 Å². The molecule has 2 heterocycles. The Morgan fingerprint density at radius 3 is 2.87 bits per heavy atom. The van der Waals surface area contributed by atoms with E-state index in [4.69, 9.17) is 5.73 Å². The molecule has 0 bridgehead atoms. The van der Waals surface area contributed by atoms with Gasteiger partial charge in [-0.05, 0) is 24.6 Å². The quantitative estimate of drug-likeness (QED) is 0.711. The first-order valence-corrected chi connectivity index (χ1v) is 8.00. The molecule has 3 aromatic rings. The zero-order valence-corrected chi connectivity index (χ0v) is 13.3. The Labute approximate surface area is 136 Å². The fourth-order valence-electron chi connectivity index (χ4n) is 2.40. The first kappa shape index (κ1) is 15.3. The monoisotopic (exact) mass is 329 g/mol. The molecule has 0 fully saturated rings. The second-order valence-electron chi connectivity index (χ2n) is 5.03. The minimum atomic E-state index is -0.839. The molecule has 7 nitrogen and oxygen atoms in total. The average Bonchev–Trinajstić information content (AvgIpc) is 2.90. The van der Waals surface area contributed by atoms with Crippen LogP contribution >= 0.6 is 11.8 Å². The number of para-hydroxylation sites is 1. The molecule has 3 amide bonds. The second kappa shape index (κ2) is 6.25. The lowest BCUT2D eigenvalue weighted by Crippen LogP contribution is -2.35. The molecule has 3 N–H and O–H groups in total. The number of carbonyl (C=O) groups is 2. The summed E-state index contributed by atoms with van der Waals surface area (Å²) in [7, 11) is 0. The molecule has 0 unspecified atom stereocenters. The van der Waals surface area contributed by atoms with Crippen molar-refractivity contribution in [3.8, 4) is 0 Å². The molecular weight excluding hydrogens is 314 g/mol. The first-order valence-electron chi connectivity index (χ1n) is 7.02. The van der Waals surface area contributed by atoms with Crippen LogP contribution in [0.25, 0.3) is 16.6 Å². The molecule has 8 heteroatoms. The van der Waals surface area contributed by atoms with Gasteiger partial charge >= 0.3 is 6.03 Å². The van der Waals surface area contributed by atoms with Crippen LogP contribution < -0.4 is 11.1 Å². The number of urea groups is 1. The second-order valence-corrected chi connectivity index (χ2v) is 6.09. The number of primary amides is 1. The maximum absolute atomic E-state index is 11.4. The number of rotatable bonds is 4. The van der Waals surface area contributed by atoms with Gasteiger partial charge in [0.1, 0.15) is 0 Å². The van der Waals surface area contributed by atoms with Crippen molar-refractivity contribution in [2.24, 2.45) is 5.73 Å². The van der Waals surface area contributed by atoms with E-state index in [0.29, 0.717) is 10.9 Å². The molecule has 0 aliphatic heterocycles. The summed E-state index contributed by atoms with van der Waals surface area (Å²) in [5.74, 6) is 0.0711. The fraction of sp³-hybridized carbons (Fsp3) is 0.200. The first-order chi connectivity index (χ1) is 11.1. The highest BCUT2D eigenvalue weighted by atomic mass is 32.2. The number of aryl methyl sites for hydroxylation is 1. The molecule has 0 radical (unpaired) electrons. The van der Waals surface area contributed by atoms with Crippen molar-refractivity contribution >= 4 is 40.3 Å². The number of nitrogens with zero attached hydrogens (tertiary/aromatic N) is 3. The number of hydrogen-bond donors (Lipinski definition) is 2. The number of thioether (sulfide) groups is 1. The number of aromatic nitrogens is 3. The van der Waals surface area contributed by atoms with Crippen molar-refractivity contribution in [1.82, 2.24) is 19.9 Å². The van der Waals surface area contributed by atoms with Crippen LogP contribution in [0.2, 0.25) is 0 Å². The Kier molecular flexibility index (Phi) is 4.16. The highest BCUT2D eigenvalue weighted by Gasteiger charge is 2.12. The van der Waals surface area contributed by atoms with Crippen molar-refractivity contribution < 1.29 is 9.59 Å². The zero-order valence-electron chi connectivity index (χ0n) is 12.4. The van der Waals surface area contributed by atoms with E-state index < -0.39 is 11.9 Å². The molecule has 0 saturated heterocycles. The molecular formula is C15H15N5O2S. The van der Waals surface area contributed by atoms with Gasteiger partial charge in [0, 0.05) is 17.6 Å². The van der Waals surface area contributed by atoms with E-state index in [-0.39, 0.29) is 6.42 Å². The van der Waals surface area contributed by atoms with Gasteiger partial charge in [-0.1, -0.05) is 30.0 Å². The maximum Gasteiger partial charge on any atom is 0.318 e. The number of hydrogen-bond acceptors (Lipinski definition) is 5. The van der Waals surface area contributed by atoms with Gasteiger partial charge in [0.05, 0.1) is 5.52 Å². The summed E-state index contributed by atoms with van der Waals surface area (Å²) < 4.78 is 1.97. The Hall–Kier alpha value is -2.61. The lowest BCUT2D eigenvalue weighted by atomic mass is 10.1. The third-order valence-electron chi connectivity index (χ3n) is 3.40. The van der Waals surface area contributed by atoms with Crippen molar-refractivity contribution in [2.75, 3.05) is 5.75 Å². The zero-order chi connectivity index (χ0) is 16.4. The van der Waals surface area contributed by atoms with Crippen molar-refractivity contribution in [2.45, 2.75) is 18.5 Å². The number of imide groups is 1. The molecule has 0 aliphatic carbocycles. The third-order valence-corrected chi connectivity index (χ3v) is 4.33. The van der Waals surface area contributed by atoms with E-state index >= 15 is 0 Å². The minimum absolute atomic E-state index is 0.173. The lowest BCUT2D eigenvalue weighted by Gasteiger charge is -2.07. The highest BCUT2D eigenvalue weighted by molar-refractivity contribution is 7.99. The molecule has 118 valence electrons. The predicted octanol–water partition coefficient (Wildman–Crippen LogP) is 1.87. The van der Waals surface area contributed by atoms with Gasteiger partial charge in [-0.25, -0.2) is 4.79 Å². The van der Waals surface area contributed by atoms with Gasteiger partial charge < -0.3 is 5.73 Å². The lowest BCUT2D eigenvalue weighted by molar-refractivity contribution is -0.119. The molecule has 23 heavy (non-hydrogen) atoms. The normalized spacial score (nSPS) is 11.0. The molecule has 0 spiro atoms. The van der Waals surface area contributed by atoms with E-state index in [9.17, 15) is 9.59 Å². The largest absolute Gasteiger partial charge is 0.351 e. The third kappa shape index (κ3) is 3.11. The van der Waals surface area contributed by atoms with Gasteiger partial charge in [0.25, 0.3) is 0 Å². The van der Waals surface area contributed by atoms with Crippen LogP contribution in [0.15, 0.2) is 35.5 Å². The van der Waals surface area contributed by atoms with Crippen LogP contribution in [0.3, 0.4) is 0 Å². The molecule has 0 atom stereocenters. The topological polar surface area (TPSA) is 102 Å². The predicted molar refractivity (Wildman–Crippen MR) is 88.3 cm³/mol. The van der Waals surface area contributed by atoms with Crippen LogP contribution in [0, 0.1) is 6.92 Å². The van der Waals surface area contributed by atoms with E-state index in [1.807, 2.05) is 40.9 Å². The Morgan fingerprint density at radius 1 is 1.30 bits per heavy atom. The summed E-state index contributed by atoms with van der Waals surface area (Å²) in [6.45, 7) is 2.04.